The Balaban J connectivity index is 1.10. The van der Waals surface area contributed by atoms with Crippen molar-refractivity contribution in [1.82, 2.24) is 0 Å². The number of rotatable bonds is 0. The van der Waals surface area contributed by atoms with Gasteiger partial charge in [0.15, 0.2) is 0 Å². The summed E-state index contributed by atoms with van der Waals surface area (Å²) in [6.45, 7) is 0. The second kappa shape index (κ2) is 10.8. The summed E-state index contributed by atoms with van der Waals surface area (Å²) in [5.41, 5.74) is 8.82. The SMILES string of the molecule is O=P12C3C4=CC=CC3C3(C5=CC=CC(C51)C1(C5C=CC=CC5C5C=CC=CC51)C1C=CC=C(C12)C41c2ccccc2-c2ccccc21)C1C=CC=CC1C1C=CC=CC13. The molecule has 1 nitrogen and oxygen atoms in total. The van der Waals surface area contributed by atoms with E-state index < -0.39 is 12.6 Å². The largest absolute Gasteiger partial charge is 0.322 e. The van der Waals surface area contributed by atoms with Gasteiger partial charge in [-0.1, -0.05) is 206 Å². The van der Waals surface area contributed by atoms with Crippen molar-refractivity contribution in [2.45, 2.75) is 22.4 Å². The minimum atomic E-state index is -3.14. The van der Waals surface area contributed by atoms with Crippen molar-refractivity contribution in [3.05, 3.63) is 228 Å². The van der Waals surface area contributed by atoms with Crippen LogP contribution < -0.4 is 0 Å². The summed E-state index contributed by atoms with van der Waals surface area (Å²) in [5, 5.41) is 0. The second-order valence-electron chi connectivity index (χ2n) is 20.0. The molecule has 0 N–H and O–H groups in total. The van der Waals surface area contributed by atoms with Crippen molar-refractivity contribution in [2.75, 3.05) is 0 Å². The van der Waals surface area contributed by atoms with Crippen molar-refractivity contribution < 1.29 is 4.57 Å². The van der Waals surface area contributed by atoms with E-state index in [4.69, 9.17) is 0 Å². The third kappa shape index (κ3) is 3.29. The fourth-order valence-corrected chi connectivity index (χ4v) is 23.7. The summed E-state index contributed by atoms with van der Waals surface area (Å²) in [5.74, 6) is 3.31. The Bertz CT molecular complexity index is 2690. The van der Waals surface area contributed by atoms with Crippen LogP contribution >= 0.6 is 7.14 Å². The molecule has 5 fully saturated rings. The zero-order valence-corrected chi connectivity index (χ0v) is 33.9. The quantitative estimate of drug-likeness (QED) is 0.244. The molecule has 286 valence electrons. The Labute approximate surface area is 347 Å². The molecule has 0 bridgehead atoms. The first kappa shape index (κ1) is 32.8. The number of allylic oxidation sites excluding steroid dienone is 28. The number of fused-ring (bicyclic) bond motifs is 21. The van der Waals surface area contributed by atoms with E-state index in [1.807, 2.05) is 0 Å². The normalized spacial score (nSPS) is 48.0. The molecule has 3 aliphatic heterocycles. The highest BCUT2D eigenvalue weighted by molar-refractivity contribution is 7.67. The van der Waals surface area contributed by atoms with Crippen LogP contribution in [-0.4, -0.2) is 17.0 Å². The lowest BCUT2D eigenvalue weighted by Crippen LogP contribution is -2.69. The van der Waals surface area contributed by atoms with Crippen molar-refractivity contribution in [1.29, 1.82) is 0 Å². The predicted molar refractivity (Wildman–Crippen MR) is 240 cm³/mol. The van der Waals surface area contributed by atoms with Gasteiger partial charge >= 0.3 is 0 Å². The third-order valence-corrected chi connectivity index (χ3v) is 23.4. The van der Waals surface area contributed by atoms with Gasteiger partial charge in [-0.3, -0.25) is 0 Å². The molecule has 0 amide bonds. The molecule has 3 saturated heterocycles. The lowest BCUT2D eigenvalue weighted by Gasteiger charge is -2.73. The summed E-state index contributed by atoms with van der Waals surface area (Å²) in [6.07, 6.45) is 61.9. The molecule has 13 aliphatic rings. The smallest absolute Gasteiger partial charge is 0.110 e. The van der Waals surface area contributed by atoms with Gasteiger partial charge in [-0.2, -0.15) is 0 Å². The van der Waals surface area contributed by atoms with Gasteiger partial charge in [-0.25, -0.2) is 0 Å². The minimum absolute atomic E-state index is 0.0277. The maximum absolute atomic E-state index is 18.3. The Morgan fingerprint density at radius 1 is 0.373 bits per heavy atom. The van der Waals surface area contributed by atoms with Gasteiger partial charge in [0, 0.05) is 28.3 Å². The molecule has 3 spiro atoms. The van der Waals surface area contributed by atoms with Crippen molar-refractivity contribution >= 4 is 7.14 Å². The van der Waals surface area contributed by atoms with Crippen LogP contribution in [-0.2, 0) is 9.98 Å². The van der Waals surface area contributed by atoms with Gasteiger partial charge < -0.3 is 4.57 Å². The highest BCUT2D eigenvalue weighted by Crippen LogP contribution is 2.91. The Morgan fingerprint density at radius 3 is 1.27 bits per heavy atom. The fraction of sp³-hybridized carbons (Fsp3) is 0.298. The van der Waals surface area contributed by atoms with Crippen molar-refractivity contribution in [2.24, 2.45) is 75.9 Å². The topological polar surface area (TPSA) is 17.1 Å². The van der Waals surface area contributed by atoms with Crippen LogP contribution in [0.5, 0.6) is 0 Å². The highest BCUT2D eigenvalue weighted by Gasteiger charge is 2.82. The van der Waals surface area contributed by atoms with E-state index in [9.17, 15) is 0 Å². The van der Waals surface area contributed by atoms with E-state index >= 15 is 4.57 Å². The Hall–Kier alpha value is -4.97. The third-order valence-electron chi connectivity index (χ3n) is 18.9. The molecular weight excluding hydrogens is 732 g/mol. The summed E-state index contributed by atoms with van der Waals surface area (Å²) in [7, 11) is -3.14. The first-order chi connectivity index (χ1) is 29.2. The molecule has 2 saturated carbocycles. The number of hydrogen-bond donors (Lipinski definition) is 0. The Kier molecular flexibility index (Phi) is 6.04. The van der Waals surface area contributed by atoms with Crippen LogP contribution in [0.3, 0.4) is 0 Å². The molecular formula is C57H47OP. The summed E-state index contributed by atoms with van der Waals surface area (Å²) in [4.78, 5) is 0. The Morgan fingerprint density at radius 2 is 0.746 bits per heavy atom. The molecule has 0 radical (unpaired) electrons. The first-order valence-corrected chi connectivity index (χ1v) is 24.4. The summed E-state index contributed by atoms with van der Waals surface area (Å²) >= 11 is 0. The van der Waals surface area contributed by atoms with Gasteiger partial charge in [0.05, 0.1) is 5.41 Å². The fourth-order valence-electron chi connectivity index (χ4n) is 17.9. The summed E-state index contributed by atoms with van der Waals surface area (Å²) in [6, 6.07) is 18.6. The van der Waals surface area contributed by atoms with Gasteiger partial charge in [0.2, 0.25) is 0 Å². The summed E-state index contributed by atoms with van der Waals surface area (Å²) < 4.78 is 18.3. The van der Waals surface area contributed by atoms with E-state index in [2.05, 4.69) is 200 Å². The zero-order chi connectivity index (χ0) is 38.5. The van der Waals surface area contributed by atoms with Crippen LogP contribution in [0.2, 0.25) is 0 Å². The molecule has 0 aromatic heterocycles. The van der Waals surface area contributed by atoms with Gasteiger partial charge in [0.1, 0.15) is 7.14 Å². The number of hydrogen-bond acceptors (Lipinski definition) is 1. The highest BCUT2D eigenvalue weighted by atomic mass is 31.2. The average molecular weight is 779 g/mol. The van der Waals surface area contributed by atoms with Gasteiger partial charge in [-0.05, 0) is 98.0 Å². The van der Waals surface area contributed by atoms with Crippen molar-refractivity contribution in [3.63, 3.8) is 0 Å². The van der Waals surface area contributed by atoms with Crippen LogP contribution in [0.15, 0.2) is 217 Å². The van der Waals surface area contributed by atoms with Crippen LogP contribution in [0.1, 0.15) is 11.1 Å². The zero-order valence-electron chi connectivity index (χ0n) is 33.0. The molecule has 3 heterocycles. The van der Waals surface area contributed by atoms with Gasteiger partial charge in [-0.15, -0.1) is 0 Å². The maximum Gasteiger partial charge on any atom is 0.110 e. The van der Waals surface area contributed by atoms with E-state index in [0.29, 0.717) is 47.3 Å². The van der Waals surface area contributed by atoms with Crippen LogP contribution in [0.25, 0.3) is 11.1 Å². The molecule has 10 aliphatic carbocycles. The van der Waals surface area contributed by atoms with Crippen LogP contribution in [0.4, 0.5) is 0 Å². The standard InChI is InChI=1S/C57H47OP/c58-59-52-46-28-13-30-48(52)56(42-24-9-3-18-36(42)37-19-4-10-25-43(37)56)50-32-15-33-51(54(50)59)57(44-26-11-5-20-38(44)39-21-6-12-27-45(39)57)49-31-14-29-47(53(49)59)55(46)40-22-7-1-16-34(40)35-17-2-8-23-41(35)55/h1-37,40-43,46-47,50,52-54H. The second-order valence-corrected chi connectivity index (χ2v) is 23.2. The molecule has 15 rings (SSSR count). The van der Waals surface area contributed by atoms with Crippen LogP contribution in [0, 0.1) is 75.9 Å². The molecule has 15 unspecified atom stereocenters. The lowest BCUT2D eigenvalue weighted by atomic mass is 9.45. The van der Waals surface area contributed by atoms with Gasteiger partial charge in [0.25, 0.3) is 0 Å². The maximum atomic E-state index is 18.3. The first-order valence-electron chi connectivity index (χ1n) is 22.5. The van der Waals surface area contributed by atoms with E-state index in [1.54, 1.807) is 0 Å². The van der Waals surface area contributed by atoms with E-state index in [1.165, 1.54) is 39.0 Å². The molecule has 2 aromatic rings. The predicted octanol–water partition coefficient (Wildman–Crippen LogP) is 12.2. The van der Waals surface area contributed by atoms with Crippen molar-refractivity contribution in [3.8, 4) is 11.1 Å². The lowest BCUT2D eigenvalue weighted by molar-refractivity contribution is 0.0218. The monoisotopic (exact) mass is 778 g/mol. The average Bonchev–Trinajstić information content (AvgIpc) is 3.88. The minimum Gasteiger partial charge on any atom is -0.322 e. The molecule has 2 heteroatoms. The molecule has 15 atom stereocenters. The van der Waals surface area contributed by atoms with E-state index in [0.717, 1.165) is 0 Å². The van der Waals surface area contributed by atoms with E-state index in [-0.39, 0.29) is 45.6 Å². The molecule has 59 heavy (non-hydrogen) atoms. The molecule has 2 aromatic carbocycles. The number of benzene rings is 2.